The lowest BCUT2D eigenvalue weighted by molar-refractivity contribution is 0.155. The van der Waals surface area contributed by atoms with E-state index < -0.39 is 0 Å². The van der Waals surface area contributed by atoms with Gasteiger partial charge in [0.2, 0.25) is 0 Å². The zero-order valence-electron chi connectivity index (χ0n) is 7.84. The molecule has 0 saturated carbocycles. The minimum Gasteiger partial charge on any atom is -0.384 e. The van der Waals surface area contributed by atoms with E-state index in [2.05, 4.69) is 18.9 Å². The second-order valence-corrected chi connectivity index (χ2v) is 3.56. The number of rotatable bonds is 3. The van der Waals surface area contributed by atoms with Crippen LogP contribution in [0.1, 0.15) is 19.8 Å². The predicted octanol–water partition coefficient (Wildman–Crippen LogP) is 1.36. The molecule has 0 bridgehead atoms. The van der Waals surface area contributed by atoms with E-state index in [1.165, 1.54) is 19.4 Å². The van der Waals surface area contributed by atoms with Gasteiger partial charge in [0.15, 0.2) is 0 Å². The molecule has 66 valence electrons. The summed E-state index contributed by atoms with van der Waals surface area (Å²) in [6.45, 7) is 4.41. The molecular formula is C9H19NO. The summed E-state index contributed by atoms with van der Waals surface area (Å²) in [5, 5.41) is 0. The Kier molecular flexibility index (Phi) is 3.34. The third-order valence-corrected chi connectivity index (χ3v) is 2.65. The fourth-order valence-corrected chi connectivity index (χ4v) is 2.03. The number of likely N-dealkylation sites (tertiary alicyclic amines) is 1. The SMILES string of the molecule is CCC1CC(COC)CN1C. The van der Waals surface area contributed by atoms with E-state index in [0.717, 1.165) is 18.6 Å². The largest absolute Gasteiger partial charge is 0.384 e. The second kappa shape index (κ2) is 4.07. The van der Waals surface area contributed by atoms with Gasteiger partial charge in [0, 0.05) is 19.7 Å². The van der Waals surface area contributed by atoms with Gasteiger partial charge in [-0.15, -0.1) is 0 Å². The summed E-state index contributed by atoms with van der Waals surface area (Å²) < 4.78 is 5.14. The Balaban J connectivity index is 2.30. The Morgan fingerprint density at radius 2 is 2.27 bits per heavy atom. The first-order valence-corrected chi connectivity index (χ1v) is 4.47. The van der Waals surface area contributed by atoms with Gasteiger partial charge in [-0.2, -0.15) is 0 Å². The lowest BCUT2D eigenvalue weighted by Crippen LogP contribution is -2.24. The summed E-state index contributed by atoms with van der Waals surface area (Å²) >= 11 is 0. The Morgan fingerprint density at radius 3 is 2.73 bits per heavy atom. The molecule has 0 amide bonds. The molecule has 1 fully saturated rings. The van der Waals surface area contributed by atoms with Gasteiger partial charge in [-0.05, 0) is 25.8 Å². The maximum atomic E-state index is 5.14. The number of nitrogens with zero attached hydrogens (tertiary/aromatic N) is 1. The van der Waals surface area contributed by atoms with Gasteiger partial charge in [0.25, 0.3) is 0 Å². The van der Waals surface area contributed by atoms with E-state index in [4.69, 9.17) is 4.74 Å². The molecular weight excluding hydrogens is 138 g/mol. The third-order valence-electron chi connectivity index (χ3n) is 2.65. The molecule has 2 heteroatoms. The Bertz CT molecular complexity index is 116. The van der Waals surface area contributed by atoms with E-state index >= 15 is 0 Å². The summed E-state index contributed by atoms with van der Waals surface area (Å²) in [5.41, 5.74) is 0. The van der Waals surface area contributed by atoms with Gasteiger partial charge in [0.05, 0.1) is 6.61 Å². The molecule has 0 aromatic carbocycles. The van der Waals surface area contributed by atoms with Gasteiger partial charge in [-0.25, -0.2) is 0 Å². The van der Waals surface area contributed by atoms with Gasteiger partial charge in [-0.1, -0.05) is 6.92 Å². The van der Waals surface area contributed by atoms with E-state index in [1.54, 1.807) is 7.11 Å². The minimum atomic E-state index is 0.773. The lowest BCUT2D eigenvalue weighted by atomic mass is 10.1. The highest BCUT2D eigenvalue weighted by molar-refractivity contribution is 4.81. The molecule has 1 aliphatic heterocycles. The Labute approximate surface area is 69.5 Å². The van der Waals surface area contributed by atoms with E-state index in [1.807, 2.05) is 0 Å². The summed E-state index contributed by atoms with van der Waals surface area (Å²) in [5.74, 6) is 0.773. The molecule has 0 radical (unpaired) electrons. The van der Waals surface area contributed by atoms with Crippen molar-refractivity contribution in [1.29, 1.82) is 0 Å². The fraction of sp³-hybridized carbons (Fsp3) is 1.00. The molecule has 2 unspecified atom stereocenters. The molecule has 0 spiro atoms. The van der Waals surface area contributed by atoms with Crippen molar-refractivity contribution in [3.8, 4) is 0 Å². The fourth-order valence-electron chi connectivity index (χ4n) is 2.03. The number of hydrogen-bond acceptors (Lipinski definition) is 2. The van der Waals surface area contributed by atoms with Crippen LogP contribution in [0.5, 0.6) is 0 Å². The second-order valence-electron chi connectivity index (χ2n) is 3.56. The molecule has 1 rings (SSSR count). The van der Waals surface area contributed by atoms with Crippen LogP contribution in [0.3, 0.4) is 0 Å². The van der Waals surface area contributed by atoms with Crippen LogP contribution >= 0.6 is 0 Å². The molecule has 2 nitrogen and oxygen atoms in total. The van der Waals surface area contributed by atoms with Crippen LogP contribution in [0.15, 0.2) is 0 Å². The summed E-state index contributed by atoms with van der Waals surface area (Å²) in [4.78, 5) is 2.45. The van der Waals surface area contributed by atoms with Crippen molar-refractivity contribution in [1.82, 2.24) is 4.90 Å². The van der Waals surface area contributed by atoms with Gasteiger partial charge < -0.3 is 9.64 Å². The molecule has 2 atom stereocenters. The molecule has 0 N–H and O–H groups in total. The van der Waals surface area contributed by atoms with Gasteiger partial charge in [0.1, 0.15) is 0 Å². The first kappa shape index (κ1) is 9.01. The highest BCUT2D eigenvalue weighted by Gasteiger charge is 2.27. The molecule has 0 aromatic heterocycles. The van der Waals surface area contributed by atoms with E-state index in [-0.39, 0.29) is 0 Å². The van der Waals surface area contributed by atoms with Crippen molar-refractivity contribution < 1.29 is 4.74 Å². The summed E-state index contributed by atoms with van der Waals surface area (Å²) in [7, 11) is 4.00. The maximum Gasteiger partial charge on any atom is 0.0503 e. The average molecular weight is 157 g/mol. The maximum absolute atomic E-state index is 5.14. The quantitative estimate of drug-likeness (QED) is 0.613. The van der Waals surface area contributed by atoms with E-state index in [9.17, 15) is 0 Å². The zero-order chi connectivity index (χ0) is 8.27. The van der Waals surface area contributed by atoms with Crippen LogP contribution in [0, 0.1) is 5.92 Å². The zero-order valence-corrected chi connectivity index (χ0v) is 7.84. The molecule has 0 aliphatic carbocycles. The van der Waals surface area contributed by atoms with Crippen LogP contribution < -0.4 is 0 Å². The first-order valence-electron chi connectivity index (χ1n) is 4.47. The van der Waals surface area contributed by atoms with Crippen molar-refractivity contribution in [3.05, 3.63) is 0 Å². The van der Waals surface area contributed by atoms with Crippen molar-refractivity contribution in [3.63, 3.8) is 0 Å². The van der Waals surface area contributed by atoms with E-state index in [0.29, 0.717) is 0 Å². The Morgan fingerprint density at radius 1 is 1.55 bits per heavy atom. The lowest BCUT2D eigenvalue weighted by Gasteiger charge is -2.16. The monoisotopic (exact) mass is 157 g/mol. The molecule has 11 heavy (non-hydrogen) atoms. The number of methoxy groups -OCH3 is 1. The van der Waals surface area contributed by atoms with Crippen LogP contribution in [0.4, 0.5) is 0 Å². The number of ether oxygens (including phenoxy) is 1. The third kappa shape index (κ3) is 2.17. The molecule has 1 heterocycles. The van der Waals surface area contributed by atoms with Crippen molar-refractivity contribution >= 4 is 0 Å². The van der Waals surface area contributed by atoms with Crippen LogP contribution in [0.25, 0.3) is 0 Å². The standard InChI is InChI=1S/C9H19NO/c1-4-9-5-8(7-11-3)6-10(9)2/h8-9H,4-7H2,1-3H3. The highest BCUT2D eigenvalue weighted by atomic mass is 16.5. The Hall–Kier alpha value is -0.0800. The highest BCUT2D eigenvalue weighted by Crippen LogP contribution is 2.23. The molecule has 1 saturated heterocycles. The normalized spacial score (nSPS) is 33.0. The van der Waals surface area contributed by atoms with Crippen LogP contribution in [0.2, 0.25) is 0 Å². The summed E-state index contributed by atoms with van der Waals surface area (Å²) in [6, 6.07) is 0.801. The smallest absolute Gasteiger partial charge is 0.0503 e. The minimum absolute atomic E-state index is 0.773. The summed E-state index contributed by atoms with van der Waals surface area (Å²) in [6.07, 6.45) is 2.59. The molecule has 0 aromatic rings. The van der Waals surface area contributed by atoms with Crippen molar-refractivity contribution in [2.45, 2.75) is 25.8 Å². The van der Waals surface area contributed by atoms with Gasteiger partial charge in [-0.3, -0.25) is 0 Å². The van der Waals surface area contributed by atoms with Crippen molar-refractivity contribution in [2.75, 3.05) is 27.3 Å². The predicted molar refractivity (Wildman–Crippen MR) is 46.7 cm³/mol. The van der Waals surface area contributed by atoms with Crippen LogP contribution in [-0.2, 0) is 4.74 Å². The average Bonchev–Trinajstić information content (AvgIpc) is 2.32. The van der Waals surface area contributed by atoms with Crippen LogP contribution in [-0.4, -0.2) is 38.3 Å². The first-order chi connectivity index (χ1) is 5.27. The topological polar surface area (TPSA) is 12.5 Å². The molecule has 1 aliphatic rings. The van der Waals surface area contributed by atoms with Gasteiger partial charge >= 0.3 is 0 Å². The number of hydrogen-bond donors (Lipinski definition) is 0. The van der Waals surface area contributed by atoms with Crippen molar-refractivity contribution in [2.24, 2.45) is 5.92 Å².